The molecule has 0 aromatic carbocycles. The zero-order chi connectivity index (χ0) is 10.3. The summed E-state index contributed by atoms with van der Waals surface area (Å²) in [6, 6.07) is 0. The van der Waals surface area contributed by atoms with E-state index in [1.54, 1.807) is 0 Å². The van der Waals surface area contributed by atoms with Gasteiger partial charge in [0.1, 0.15) is 11.2 Å². The van der Waals surface area contributed by atoms with Crippen LogP contribution in [0, 0.1) is 0 Å². The number of hydrogen-bond donors (Lipinski definition) is 1. The standard InChI is InChI=1S/C9H11N3O2/c1-9(2,3)7-5-6(14-12-7)8(13)11-4-10-5/h4H,1-3H3,(H,10,11,13). The number of fused-ring (bicyclic) bond motifs is 1. The first-order valence-electron chi connectivity index (χ1n) is 4.33. The highest BCUT2D eigenvalue weighted by Crippen LogP contribution is 2.25. The molecule has 0 aliphatic rings. The lowest BCUT2D eigenvalue weighted by Crippen LogP contribution is -2.13. The van der Waals surface area contributed by atoms with Gasteiger partial charge in [0.15, 0.2) is 0 Å². The summed E-state index contributed by atoms with van der Waals surface area (Å²) >= 11 is 0. The smallest absolute Gasteiger partial charge is 0.297 e. The Balaban J connectivity index is 2.83. The second-order valence-electron chi connectivity index (χ2n) is 4.19. The average molecular weight is 193 g/mol. The first-order chi connectivity index (χ1) is 6.50. The normalized spacial score (nSPS) is 12.2. The van der Waals surface area contributed by atoms with Crippen molar-refractivity contribution >= 4 is 11.1 Å². The lowest BCUT2D eigenvalue weighted by molar-refractivity contribution is 0.418. The minimum Gasteiger partial charge on any atom is -0.348 e. The molecule has 14 heavy (non-hydrogen) atoms. The fraction of sp³-hybridized carbons (Fsp3) is 0.444. The van der Waals surface area contributed by atoms with E-state index in [9.17, 15) is 4.79 Å². The Labute approximate surface area is 80.1 Å². The van der Waals surface area contributed by atoms with Crippen molar-refractivity contribution in [3.05, 3.63) is 22.4 Å². The van der Waals surface area contributed by atoms with Crippen LogP contribution in [-0.4, -0.2) is 15.1 Å². The first kappa shape index (κ1) is 8.93. The van der Waals surface area contributed by atoms with E-state index in [0.29, 0.717) is 11.2 Å². The Morgan fingerprint density at radius 2 is 2.14 bits per heavy atom. The van der Waals surface area contributed by atoms with Crippen molar-refractivity contribution in [2.24, 2.45) is 0 Å². The third kappa shape index (κ3) is 1.21. The Kier molecular flexibility index (Phi) is 1.70. The molecule has 2 heterocycles. The van der Waals surface area contributed by atoms with Crippen molar-refractivity contribution in [2.75, 3.05) is 0 Å². The molecule has 0 amide bonds. The maximum absolute atomic E-state index is 11.3. The zero-order valence-corrected chi connectivity index (χ0v) is 8.29. The van der Waals surface area contributed by atoms with Gasteiger partial charge < -0.3 is 9.51 Å². The maximum atomic E-state index is 11.3. The summed E-state index contributed by atoms with van der Waals surface area (Å²) in [5.74, 6) is 0. The molecule has 0 saturated heterocycles. The molecular weight excluding hydrogens is 182 g/mol. The van der Waals surface area contributed by atoms with Crippen molar-refractivity contribution < 1.29 is 4.52 Å². The second-order valence-corrected chi connectivity index (χ2v) is 4.19. The van der Waals surface area contributed by atoms with Gasteiger partial charge in [-0.2, -0.15) is 0 Å². The molecule has 74 valence electrons. The van der Waals surface area contributed by atoms with Gasteiger partial charge in [0.05, 0.1) is 6.33 Å². The number of rotatable bonds is 0. The Morgan fingerprint density at radius 1 is 1.43 bits per heavy atom. The van der Waals surface area contributed by atoms with Crippen LogP contribution in [-0.2, 0) is 5.41 Å². The molecule has 0 aliphatic carbocycles. The number of aromatic nitrogens is 3. The van der Waals surface area contributed by atoms with Crippen molar-refractivity contribution in [1.82, 2.24) is 15.1 Å². The van der Waals surface area contributed by atoms with Crippen LogP contribution < -0.4 is 5.56 Å². The highest BCUT2D eigenvalue weighted by molar-refractivity contribution is 5.74. The Morgan fingerprint density at radius 3 is 2.79 bits per heavy atom. The molecule has 5 heteroatoms. The van der Waals surface area contributed by atoms with E-state index in [1.165, 1.54) is 6.33 Å². The van der Waals surface area contributed by atoms with Gasteiger partial charge in [-0.15, -0.1) is 0 Å². The van der Waals surface area contributed by atoms with Crippen LogP contribution >= 0.6 is 0 Å². The predicted octanol–water partition coefficient (Wildman–Crippen LogP) is 1.21. The van der Waals surface area contributed by atoms with E-state index in [0.717, 1.165) is 0 Å². The van der Waals surface area contributed by atoms with Gasteiger partial charge in [-0.25, -0.2) is 4.98 Å². The fourth-order valence-electron chi connectivity index (χ4n) is 1.27. The molecule has 0 radical (unpaired) electrons. The SMILES string of the molecule is CC(C)(C)c1noc2c(=O)[nH]cnc12. The highest BCUT2D eigenvalue weighted by atomic mass is 16.5. The molecule has 0 unspecified atom stereocenters. The van der Waals surface area contributed by atoms with Gasteiger partial charge in [0.25, 0.3) is 5.56 Å². The molecule has 0 aliphatic heterocycles. The molecule has 2 aromatic rings. The van der Waals surface area contributed by atoms with Crippen molar-refractivity contribution in [1.29, 1.82) is 0 Å². The van der Waals surface area contributed by atoms with Crippen LogP contribution in [0.3, 0.4) is 0 Å². The Hall–Kier alpha value is -1.65. The molecule has 2 aromatic heterocycles. The molecule has 0 bridgehead atoms. The van der Waals surface area contributed by atoms with Crippen LogP contribution in [0.4, 0.5) is 0 Å². The van der Waals surface area contributed by atoms with Crippen LogP contribution in [0.15, 0.2) is 15.6 Å². The fourth-order valence-corrected chi connectivity index (χ4v) is 1.27. The van der Waals surface area contributed by atoms with E-state index in [1.807, 2.05) is 20.8 Å². The van der Waals surface area contributed by atoms with Crippen LogP contribution in [0.5, 0.6) is 0 Å². The summed E-state index contributed by atoms with van der Waals surface area (Å²) in [6.07, 6.45) is 1.36. The first-order valence-corrected chi connectivity index (χ1v) is 4.33. The van der Waals surface area contributed by atoms with Gasteiger partial charge in [-0.1, -0.05) is 25.9 Å². The van der Waals surface area contributed by atoms with Gasteiger partial charge >= 0.3 is 0 Å². The van der Waals surface area contributed by atoms with Crippen molar-refractivity contribution in [3.8, 4) is 0 Å². The van der Waals surface area contributed by atoms with E-state index < -0.39 is 0 Å². The molecule has 0 atom stereocenters. The number of H-pyrrole nitrogens is 1. The zero-order valence-electron chi connectivity index (χ0n) is 8.29. The molecule has 0 saturated carbocycles. The summed E-state index contributed by atoms with van der Waals surface area (Å²) in [4.78, 5) is 17.8. The van der Waals surface area contributed by atoms with Crippen LogP contribution in [0.25, 0.3) is 11.1 Å². The Bertz CT molecular complexity index is 519. The quantitative estimate of drug-likeness (QED) is 0.682. The number of nitrogens with zero attached hydrogens (tertiary/aromatic N) is 2. The summed E-state index contributed by atoms with van der Waals surface area (Å²) in [5.41, 5.74) is 0.974. The molecule has 1 N–H and O–H groups in total. The topological polar surface area (TPSA) is 71.8 Å². The van der Waals surface area contributed by atoms with E-state index in [4.69, 9.17) is 4.52 Å². The summed E-state index contributed by atoms with van der Waals surface area (Å²) < 4.78 is 4.95. The van der Waals surface area contributed by atoms with Gasteiger partial charge in [-0.05, 0) is 0 Å². The van der Waals surface area contributed by atoms with Gasteiger partial charge in [0.2, 0.25) is 5.58 Å². The lowest BCUT2D eigenvalue weighted by Gasteiger charge is -2.13. The average Bonchev–Trinajstić information content (AvgIpc) is 2.47. The molecule has 0 fully saturated rings. The molecular formula is C9H11N3O2. The summed E-state index contributed by atoms with van der Waals surface area (Å²) in [7, 11) is 0. The maximum Gasteiger partial charge on any atom is 0.297 e. The number of nitrogens with one attached hydrogen (secondary N) is 1. The van der Waals surface area contributed by atoms with Gasteiger partial charge in [-0.3, -0.25) is 4.79 Å². The molecule has 5 nitrogen and oxygen atoms in total. The van der Waals surface area contributed by atoms with Crippen molar-refractivity contribution in [2.45, 2.75) is 26.2 Å². The highest BCUT2D eigenvalue weighted by Gasteiger charge is 2.23. The van der Waals surface area contributed by atoms with Crippen LogP contribution in [0.2, 0.25) is 0 Å². The third-order valence-corrected chi connectivity index (χ3v) is 1.97. The third-order valence-electron chi connectivity index (χ3n) is 1.97. The minimum absolute atomic E-state index is 0.175. The van der Waals surface area contributed by atoms with E-state index in [2.05, 4.69) is 15.1 Å². The number of aromatic amines is 1. The molecule has 0 spiro atoms. The molecule has 2 rings (SSSR count). The lowest BCUT2D eigenvalue weighted by atomic mass is 9.91. The van der Waals surface area contributed by atoms with Gasteiger partial charge in [0, 0.05) is 5.41 Å². The monoisotopic (exact) mass is 193 g/mol. The van der Waals surface area contributed by atoms with Crippen LogP contribution in [0.1, 0.15) is 26.5 Å². The van der Waals surface area contributed by atoms with E-state index >= 15 is 0 Å². The summed E-state index contributed by atoms with van der Waals surface area (Å²) in [5, 5.41) is 3.87. The van der Waals surface area contributed by atoms with Crippen molar-refractivity contribution in [3.63, 3.8) is 0 Å². The minimum atomic E-state index is -0.294. The summed E-state index contributed by atoms with van der Waals surface area (Å²) in [6.45, 7) is 5.98. The number of hydrogen-bond acceptors (Lipinski definition) is 4. The van der Waals surface area contributed by atoms with E-state index in [-0.39, 0.29) is 16.6 Å². The largest absolute Gasteiger partial charge is 0.348 e. The predicted molar refractivity (Wildman–Crippen MR) is 51.1 cm³/mol. The second kappa shape index (κ2) is 2.67.